The molecule has 3 aromatic carbocycles. The van der Waals surface area contributed by atoms with Gasteiger partial charge in [-0.1, -0.05) is 61.7 Å². The number of nitrogens with zero attached hydrogens (tertiary/aromatic N) is 1. The minimum absolute atomic E-state index is 0.0138. The Morgan fingerprint density at radius 1 is 0.949 bits per heavy atom. The molecule has 0 unspecified atom stereocenters. The number of fused-ring (bicyclic) bond motifs is 1. The molecule has 0 spiro atoms. The molecule has 39 heavy (non-hydrogen) atoms. The molecule has 204 valence electrons. The topological polar surface area (TPSA) is 110 Å². The summed E-state index contributed by atoms with van der Waals surface area (Å²) in [4.78, 5) is 27.1. The van der Waals surface area contributed by atoms with Crippen LogP contribution >= 0.6 is 10.6 Å². The number of amides is 1. The normalized spacial score (nSPS) is 17.7. The molecule has 2 aliphatic rings. The van der Waals surface area contributed by atoms with Crippen LogP contribution in [0.2, 0.25) is 0 Å². The molecule has 0 atom stereocenters. The standard InChI is InChI=1S/C31H34N2O5S/c34-30(35)16-11-22-5-4-8-27(19-22)33(31(36)25-6-2-1-3-7-25)21-23-9-12-24(13-10-23)26-14-15-28-29(20-26)39(37,38)18-17-32-28/h4-5,8-16,19-20,25,32,37-38H,1-3,6-7,17-18,21H2,(H,34,35). The molecule has 1 aliphatic heterocycles. The summed E-state index contributed by atoms with van der Waals surface area (Å²) in [6.07, 6.45) is 7.68. The van der Waals surface area contributed by atoms with Gasteiger partial charge in [-0.15, -0.1) is 0 Å². The Balaban J connectivity index is 1.41. The van der Waals surface area contributed by atoms with Gasteiger partial charge in [-0.3, -0.25) is 13.9 Å². The van der Waals surface area contributed by atoms with E-state index in [0.29, 0.717) is 23.7 Å². The van der Waals surface area contributed by atoms with Gasteiger partial charge in [0.15, 0.2) is 0 Å². The number of rotatable bonds is 7. The monoisotopic (exact) mass is 546 g/mol. The number of aliphatic carboxylic acids is 1. The molecule has 1 fully saturated rings. The van der Waals surface area contributed by atoms with Gasteiger partial charge in [-0.05, 0) is 65.4 Å². The lowest BCUT2D eigenvalue weighted by atomic mass is 9.88. The molecular formula is C31H34N2O5S. The third-order valence-electron chi connectivity index (χ3n) is 7.48. The first-order valence-electron chi connectivity index (χ1n) is 13.4. The lowest BCUT2D eigenvalue weighted by Gasteiger charge is -2.38. The van der Waals surface area contributed by atoms with Crippen LogP contribution in [0.5, 0.6) is 0 Å². The van der Waals surface area contributed by atoms with Gasteiger partial charge in [-0.25, -0.2) is 4.79 Å². The summed E-state index contributed by atoms with van der Waals surface area (Å²) in [5.74, 6) is -0.623. The van der Waals surface area contributed by atoms with E-state index in [2.05, 4.69) is 5.32 Å². The molecule has 0 bridgehead atoms. The van der Waals surface area contributed by atoms with Crippen LogP contribution in [-0.4, -0.2) is 38.4 Å². The van der Waals surface area contributed by atoms with Crippen LogP contribution in [-0.2, 0) is 16.1 Å². The van der Waals surface area contributed by atoms with E-state index in [0.717, 1.165) is 71.8 Å². The van der Waals surface area contributed by atoms with E-state index in [-0.39, 0.29) is 11.8 Å². The molecule has 0 saturated heterocycles. The second-order valence-corrected chi connectivity index (χ2v) is 12.4. The molecule has 1 amide bonds. The highest BCUT2D eigenvalue weighted by Gasteiger charge is 2.28. The van der Waals surface area contributed by atoms with Crippen molar-refractivity contribution in [2.24, 2.45) is 5.92 Å². The van der Waals surface area contributed by atoms with Crippen molar-refractivity contribution in [3.63, 3.8) is 0 Å². The third-order valence-corrected chi connectivity index (χ3v) is 9.30. The highest BCUT2D eigenvalue weighted by atomic mass is 32.3. The SMILES string of the molecule is O=C(O)C=Cc1cccc(N(Cc2ccc(-c3ccc4c(c3)S(O)(O)CCN4)cc2)C(=O)C2CCCCC2)c1. The Morgan fingerprint density at radius 3 is 2.44 bits per heavy atom. The highest BCUT2D eigenvalue weighted by Crippen LogP contribution is 2.54. The number of benzene rings is 3. The maximum Gasteiger partial charge on any atom is 0.328 e. The van der Waals surface area contributed by atoms with Crippen molar-refractivity contribution in [3.05, 3.63) is 83.9 Å². The second-order valence-electron chi connectivity index (χ2n) is 10.2. The Labute approximate surface area is 230 Å². The lowest BCUT2D eigenvalue weighted by Crippen LogP contribution is -2.36. The number of carbonyl (C=O) groups is 2. The summed E-state index contributed by atoms with van der Waals surface area (Å²) in [6.45, 7) is 0.939. The summed E-state index contributed by atoms with van der Waals surface area (Å²) in [7, 11) is -2.80. The number of nitrogens with one attached hydrogen (secondary N) is 1. The van der Waals surface area contributed by atoms with Crippen molar-refractivity contribution in [3.8, 4) is 11.1 Å². The molecular weight excluding hydrogens is 512 g/mol. The molecule has 5 rings (SSSR count). The first-order valence-corrected chi connectivity index (χ1v) is 15.1. The van der Waals surface area contributed by atoms with Crippen LogP contribution in [0.1, 0.15) is 43.2 Å². The van der Waals surface area contributed by atoms with Gasteiger partial charge in [0, 0.05) is 24.2 Å². The average Bonchev–Trinajstić information content (AvgIpc) is 2.95. The summed E-state index contributed by atoms with van der Waals surface area (Å²) < 4.78 is 21.0. The van der Waals surface area contributed by atoms with Crippen molar-refractivity contribution in [2.75, 3.05) is 22.5 Å². The second kappa shape index (κ2) is 11.7. The van der Waals surface area contributed by atoms with E-state index >= 15 is 0 Å². The molecule has 0 aromatic heterocycles. The van der Waals surface area contributed by atoms with Gasteiger partial charge in [-0.2, -0.15) is 10.6 Å². The summed E-state index contributed by atoms with van der Waals surface area (Å²) in [5.41, 5.74) is 5.05. The largest absolute Gasteiger partial charge is 0.478 e. The van der Waals surface area contributed by atoms with Gasteiger partial charge in [0.1, 0.15) is 0 Å². The Bertz CT molecular complexity index is 1380. The van der Waals surface area contributed by atoms with Gasteiger partial charge >= 0.3 is 5.97 Å². The van der Waals surface area contributed by atoms with E-state index < -0.39 is 16.6 Å². The zero-order chi connectivity index (χ0) is 27.4. The van der Waals surface area contributed by atoms with Crippen molar-refractivity contribution in [1.29, 1.82) is 0 Å². The first-order chi connectivity index (χ1) is 18.8. The lowest BCUT2D eigenvalue weighted by molar-refractivity contribution is -0.131. The Hall–Kier alpha value is -3.59. The van der Waals surface area contributed by atoms with Crippen LogP contribution in [0.4, 0.5) is 11.4 Å². The predicted molar refractivity (Wildman–Crippen MR) is 157 cm³/mol. The number of carboxylic acid groups (broad SMARTS) is 1. The fraction of sp³-hybridized carbons (Fsp3) is 0.290. The maximum atomic E-state index is 13.7. The van der Waals surface area contributed by atoms with Crippen LogP contribution in [0.25, 0.3) is 17.2 Å². The summed E-state index contributed by atoms with van der Waals surface area (Å²) in [6, 6.07) is 21.1. The van der Waals surface area contributed by atoms with Crippen LogP contribution in [0, 0.1) is 5.92 Å². The zero-order valence-corrected chi connectivity index (χ0v) is 22.6. The number of hydrogen-bond donors (Lipinski definition) is 4. The summed E-state index contributed by atoms with van der Waals surface area (Å²) >= 11 is 0. The predicted octanol–water partition coefficient (Wildman–Crippen LogP) is 7.10. The number of anilines is 2. The fourth-order valence-corrected chi connectivity index (χ4v) is 6.79. The molecule has 7 nitrogen and oxygen atoms in total. The minimum Gasteiger partial charge on any atom is -0.478 e. The fourth-order valence-electron chi connectivity index (χ4n) is 5.37. The van der Waals surface area contributed by atoms with Gasteiger partial charge in [0.05, 0.1) is 22.9 Å². The van der Waals surface area contributed by atoms with E-state index in [4.69, 9.17) is 5.11 Å². The van der Waals surface area contributed by atoms with Gasteiger partial charge < -0.3 is 15.3 Å². The highest BCUT2D eigenvalue weighted by molar-refractivity contribution is 8.24. The van der Waals surface area contributed by atoms with Gasteiger partial charge in [0.2, 0.25) is 5.91 Å². The maximum absolute atomic E-state index is 13.7. The molecule has 4 N–H and O–H groups in total. The molecule has 1 aliphatic carbocycles. The summed E-state index contributed by atoms with van der Waals surface area (Å²) in [5, 5.41) is 12.2. The van der Waals surface area contributed by atoms with E-state index in [1.807, 2.05) is 71.6 Å². The van der Waals surface area contributed by atoms with Crippen LogP contribution in [0.15, 0.2) is 77.7 Å². The third kappa shape index (κ3) is 6.36. The average molecular weight is 547 g/mol. The van der Waals surface area contributed by atoms with E-state index in [9.17, 15) is 18.7 Å². The molecule has 1 heterocycles. The molecule has 8 heteroatoms. The Kier molecular flexibility index (Phi) is 8.07. The van der Waals surface area contributed by atoms with Gasteiger partial charge in [0.25, 0.3) is 0 Å². The van der Waals surface area contributed by atoms with E-state index in [1.54, 1.807) is 0 Å². The molecule has 0 radical (unpaired) electrons. The van der Waals surface area contributed by atoms with Crippen molar-refractivity contribution in [2.45, 2.75) is 43.5 Å². The Morgan fingerprint density at radius 2 is 1.69 bits per heavy atom. The number of carbonyl (C=O) groups excluding carboxylic acids is 1. The zero-order valence-electron chi connectivity index (χ0n) is 21.8. The molecule has 1 saturated carbocycles. The smallest absolute Gasteiger partial charge is 0.328 e. The van der Waals surface area contributed by atoms with Crippen molar-refractivity contribution in [1.82, 2.24) is 0 Å². The van der Waals surface area contributed by atoms with Crippen LogP contribution < -0.4 is 10.2 Å². The number of hydrogen-bond acceptors (Lipinski definition) is 5. The quantitative estimate of drug-likeness (QED) is 0.235. The van der Waals surface area contributed by atoms with Crippen molar-refractivity contribution < 1.29 is 23.8 Å². The minimum atomic E-state index is -2.80. The number of carboxylic acids is 1. The van der Waals surface area contributed by atoms with E-state index in [1.165, 1.54) is 6.08 Å². The first kappa shape index (κ1) is 27.0. The molecule has 3 aromatic rings. The van der Waals surface area contributed by atoms with Crippen LogP contribution in [0.3, 0.4) is 0 Å². The van der Waals surface area contributed by atoms with Crippen molar-refractivity contribution >= 4 is 39.9 Å².